The first-order chi connectivity index (χ1) is 9.67. The molecule has 0 aromatic heterocycles. The molecule has 0 aliphatic heterocycles. The van der Waals surface area contributed by atoms with Crippen LogP contribution in [0.25, 0.3) is 0 Å². The van der Waals surface area contributed by atoms with Crippen molar-refractivity contribution in [2.24, 2.45) is 5.73 Å². The molecule has 2 rings (SSSR count). The lowest BCUT2D eigenvalue weighted by Crippen LogP contribution is -2.02. The molecule has 1 atom stereocenters. The van der Waals surface area contributed by atoms with Crippen LogP contribution in [0, 0.1) is 0 Å². The predicted molar refractivity (Wildman–Crippen MR) is 87.3 cm³/mol. The second kappa shape index (κ2) is 6.91. The van der Waals surface area contributed by atoms with Crippen LogP contribution in [0.4, 0.5) is 0 Å². The van der Waals surface area contributed by atoms with Crippen molar-refractivity contribution in [1.82, 2.24) is 0 Å². The molecule has 20 heavy (non-hydrogen) atoms. The fraction of sp³-hybridized carbons (Fsp3) is 0.294. The van der Waals surface area contributed by atoms with Crippen LogP contribution in [0.1, 0.15) is 37.3 Å². The lowest BCUT2D eigenvalue weighted by atomic mass is 9.98. The van der Waals surface area contributed by atoms with Crippen molar-refractivity contribution < 1.29 is 4.74 Å². The maximum Gasteiger partial charge on any atom is 0.133 e. The van der Waals surface area contributed by atoms with Gasteiger partial charge in [0.15, 0.2) is 0 Å². The molecular weight excluding hydrogens is 314 g/mol. The first-order valence-electron chi connectivity index (χ1n) is 6.91. The summed E-state index contributed by atoms with van der Waals surface area (Å²) in [4.78, 5) is 0. The standard InChI is InChI=1S/C17H20BrNO/c1-3-12(2)13-7-4-5-9-16(13)20-17-10-6-8-15(18)14(17)11-19/h4-10,12H,3,11,19H2,1-2H3. The third-order valence-electron chi connectivity index (χ3n) is 3.56. The van der Waals surface area contributed by atoms with Crippen LogP contribution in [0.3, 0.4) is 0 Å². The summed E-state index contributed by atoms with van der Waals surface area (Å²) in [6.45, 7) is 4.85. The van der Waals surface area contributed by atoms with E-state index in [1.165, 1.54) is 5.56 Å². The van der Waals surface area contributed by atoms with Gasteiger partial charge in [-0.2, -0.15) is 0 Å². The zero-order valence-corrected chi connectivity index (χ0v) is 13.5. The van der Waals surface area contributed by atoms with E-state index in [1.54, 1.807) is 0 Å². The van der Waals surface area contributed by atoms with Gasteiger partial charge in [-0.3, -0.25) is 0 Å². The maximum absolute atomic E-state index is 6.13. The summed E-state index contributed by atoms with van der Waals surface area (Å²) in [6.07, 6.45) is 1.09. The Bertz CT molecular complexity index is 583. The molecule has 2 aromatic carbocycles. The zero-order valence-electron chi connectivity index (χ0n) is 11.9. The van der Waals surface area contributed by atoms with Crippen molar-refractivity contribution in [2.45, 2.75) is 32.7 Å². The second-order valence-electron chi connectivity index (χ2n) is 4.87. The lowest BCUT2D eigenvalue weighted by molar-refractivity contribution is 0.464. The Morgan fingerprint density at radius 1 is 1.10 bits per heavy atom. The number of benzene rings is 2. The van der Waals surface area contributed by atoms with Gasteiger partial charge in [0.2, 0.25) is 0 Å². The van der Waals surface area contributed by atoms with Gasteiger partial charge in [-0.15, -0.1) is 0 Å². The van der Waals surface area contributed by atoms with Crippen LogP contribution in [0.5, 0.6) is 11.5 Å². The smallest absolute Gasteiger partial charge is 0.133 e. The Morgan fingerprint density at radius 3 is 2.50 bits per heavy atom. The van der Waals surface area contributed by atoms with Crippen molar-refractivity contribution >= 4 is 15.9 Å². The number of ether oxygens (including phenoxy) is 1. The molecule has 2 nitrogen and oxygen atoms in total. The second-order valence-corrected chi connectivity index (χ2v) is 5.72. The van der Waals surface area contributed by atoms with Gasteiger partial charge >= 0.3 is 0 Å². The van der Waals surface area contributed by atoms with Crippen LogP contribution < -0.4 is 10.5 Å². The van der Waals surface area contributed by atoms with Gasteiger partial charge in [-0.1, -0.05) is 54.0 Å². The van der Waals surface area contributed by atoms with E-state index in [9.17, 15) is 0 Å². The average molecular weight is 334 g/mol. The highest BCUT2D eigenvalue weighted by atomic mass is 79.9. The molecule has 106 valence electrons. The molecule has 2 N–H and O–H groups in total. The summed E-state index contributed by atoms with van der Waals surface area (Å²) >= 11 is 3.52. The van der Waals surface area contributed by atoms with E-state index in [1.807, 2.05) is 30.3 Å². The summed E-state index contributed by atoms with van der Waals surface area (Å²) in [5, 5.41) is 0. The number of para-hydroxylation sites is 1. The van der Waals surface area contributed by atoms with Gasteiger partial charge in [0, 0.05) is 16.6 Å². The van der Waals surface area contributed by atoms with Gasteiger partial charge < -0.3 is 10.5 Å². The number of halogens is 1. The van der Waals surface area contributed by atoms with Gasteiger partial charge in [0.25, 0.3) is 0 Å². The van der Waals surface area contributed by atoms with Gasteiger partial charge in [-0.25, -0.2) is 0 Å². The van der Waals surface area contributed by atoms with Crippen molar-refractivity contribution in [3.05, 3.63) is 58.1 Å². The molecule has 0 fully saturated rings. The average Bonchev–Trinajstić information content (AvgIpc) is 2.47. The van der Waals surface area contributed by atoms with Crippen molar-refractivity contribution in [3.8, 4) is 11.5 Å². The van der Waals surface area contributed by atoms with E-state index in [0.717, 1.165) is 28.0 Å². The predicted octanol–water partition coefficient (Wildman–Crippen LogP) is 5.21. The highest BCUT2D eigenvalue weighted by Crippen LogP contribution is 2.35. The molecule has 0 bridgehead atoms. The molecule has 0 radical (unpaired) electrons. The molecule has 0 saturated carbocycles. The summed E-state index contributed by atoms with van der Waals surface area (Å²) in [5.41, 5.74) is 8.05. The molecule has 0 heterocycles. The summed E-state index contributed by atoms with van der Waals surface area (Å²) in [6, 6.07) is 14.1. The Kier molecular flexibility index (Phi) is 5.21. The normalized spacial score (nSPS) is 12.2. The molecule has 0 spiro atoms. The molecule has 0 saturated heterocycles. The number of hydrogen-bond donors (Lipinski definition) is 1. The van der Waals surface area contributed by atoms with Gasteiger partial charge in [-0.05, 0) is 36.1 Å². The van der Waals surface area contributed by atoms with Gasteiger partial charge in [0.05, 0.1) is 0 Å². The summed E-state index contributed by atoms with van der Waals surface area (Å²) in [7, 11) is 0. The highest BCUT2D eigenvalue weighted by Gasteiger charge is 2.12. The quantitative estimate of drug-likeness (QED) is 0.814. The third-order valence-corrected chi connectivity index (χ3v) is 4.31. The van der Waals surface area contributed by atoms with Crippen LogP contribution in [-0.2, 0) is 6.54 Å². The highest BCUT2D eigenvalue weighted by molar-refractivity contribution is 9.10. The monoisotopic (exact) mass is 333 g/mol. The molecule has 1 unspecified atom stereocenters. The Labute approximate surface area is 129 Å². The van der Waals surface area contributed by atoms with Crippen LogP contribution in [0.2, 0.25) is 0 Å². The van der Waals surface area contributed by atoms with E-state index >= 15 is 0 Å². The number of hydrogen-bond acceptors (Lipinski definition) is 2. The van der Waals surface area contributed by atoms with E-state index < -0.39 is 0 Å². The summed E-state index contributed by atoms with van der Waals surface area (Å²) in [5.74, 6) is 2.20. The molecule has 0 amide bonds. The van der Waals surface area contributed by atoms with Gasteiger partial charge in [0.1, 0.15) is 11.5 Å². The molecule has 0 aliphatic rings. The van der Waals surface area contributed by atoms with Crippen molar-refractivity contribution in [3.63, 3.8) is 0 Å². The summed E-state index contributed by atoms with van der Waals surface area (Å²) < 4.78 is 7.11. The minimum Gasteiger partial charge on any atom is -0.457 e. The van der Waals surface area contributed by atoms with Crippen molar-refractivity contribution in [2.75, 3.05) is 0 Å². The molecule has 2 aromatic rings. The maximum atomic E-state index is 6.13. The van der Waals surface area contributed by atoms with E-state index in [0.29, 0.717) is 12.5 Å². The van der Waals surface area contributed by atoms with E-state index in [4.69, 9.17) is 10.5 Å². The molecule has 0 aliphatic carbocycles. The SMILES string of the molecule is CCC(C)c1ccccc1Oc1cccc(Br)c1CN. The van der Waals surface area contributed by atoms with Crippen LogP contribution in [0.15, 0.2) is 46.9 Å². The Hall–Kier alpha value is -1.32. The first kappa shape index (κ1) is 15.1. The fourth-order valence-electron chi connectivity index (χ4n) is 2.15. The minimum absolute atomic E-state index is 0.447. The molecule has 3 heteroatoms. The van der Waals surface area contributed by atoms with Crippen molar-refractivity contribution in [1.29, 1.82) is 0 Å². The first-order valence-corrected chi connectivity index (χ1v) is 7.70. The number of rotatable bonds is 5. The van der Waals surface area contributed by atoms with E-state index in [-0.39, 0.29) is 0 Å². The largest absolute Gasteiger partial charge is 0.457 e. The fourth-order valence-corrected chi connectivity index (χ4v) is 2.66. The number of nitrogens with two attached hydrogens (primary N) is 1. The topological polar surface area (TPSA) is 35.2 Å². The minimum atomic E-state index is 0.447. The van der Waals surface area contributed by atoms with E-state index in [2.05, 4.69) is 41.9 Å². The zero-order chi connectivity index (χ0) is 14.5. The lowest BCUT2D eigenvalue weighted by Gasteiger charge is -2.17. The molecular formula is C17H20BrNO. The third kappa shape index (κ3) is 3.22. The van der Waals surface area contributed by atoms with Crippen LogP contribution >= 0.6 is 15.9 Å². The Morgan fingerprint density at radius 2 is 1.80 bits per heavy atom. The Balaban J connectivity index is 2.38. The van der Waals surface area contributed by atoms with Crippen LogP contribution in [-0.4, -0.2) is 0 Å².